The summed E-state index contributed by atoms with van der Waals surface area (Å²) in [5.74, 6) is -0.395. The van der Waals surface area contributed by atoms with Gasteiger partial charge in [0.1, 0.15) is 0 Å². The van der Waals surface area contributed by atoms with Gasteiger partial charge in [-0.1, -0.05) is 40.2 Å². The maximum Gasteiger partial charge on any atom is 0.418 e. The van der Waals surface area contributed by atoms with Gasteiger partial charge < -0.3 is 5.32 Å². The monoisotopic (exact) mass is 426 g/mol. The van der Waals surface area contributed by atoms with E-state index in [1.165, 1.54) is 18.2 Å². The molecule has 3 nitrogen and oxygen atoms in total. The lowest BCUT2D eigenvalue weighted by molar-refractivity contribution is -0.137. The Balaban J connectivity index is 1.90. The molecule has 8 heteroatoms. The molecule has 3 rings (SSSR count). The third kappa shape index (κ3) is 4.32. The summed E-state index contributed by atoms with van der Waals surface area (Å²) in [6.45, 7) is 0. The maximum atomic E-state index is 13.0. The summed E-state index contributed by atoms with van der Waals surface area (Å²) in [7, 11) is 0. The van der Waals surface area contributed by atoms with Crippen LogP contribution in [0, 0.1) is 0 Å². The van der Waals surface area contributed by atoms with Gasteiger partial charge in [-0.15, -0.1) is 0 Å². The minimum Gasteiger partial charge on any atom is -0.300 e. The predicted octanol–water partition coefficient (Wildman–Crippen LogP) is 5.36. The number of nitrogens with zero attached hydrogens (tertiary/aromatic N) is 1. The molecule has 1 aliphatic rings. The zero-order valence-electron chi connectivity index (χ0n) is 12.5. The van der Waals surface area contributed by atoms with Gasteiger partial charge in [-0.2, -0.15) is 13.2 Å². The normalized spacial score (nSPS) is 18.0. The van der Waals surface area contributed by atoms with Crippen molar-refractivity contribution in [3.05, 3.63) is 69.0 Å². The summed E-state index contributed by atoms with van der Waals surface area (Å²) < 4.78 is 39.9. The Morgan fingerprint density at radius 3 is 2.60 bits per heavy atom. The van der Waals surface area contributed by atoms with E-state index in [4.69, 9.17) is 0 Å². The quantitative estimate of drug-likeness (QED) is 0.656. The lowest BCUT2D eigenvalue weighted by Crippen LogP contribution is -2.19. The van der Waals surface area contributed by atoms with Gasteiger partial charge in [0.15, 0.2) is 5.17 Å². The van der Waals surface area contributed by atoms with E-state index in [1.54, 1.807) is 6.08 Å². The Morgan fingerprint density at radius 1 is 1.12 bits per heavy atom. The molecule has 1 saturated heterocycles. The second-order valence-corrected chi connectivity index (χ2v) is 7.00. The average Bonchev–Trinajstić information content (AvgIpc) is 2.86. The molecule has 1 fully saturated rings. The first-order valence-electron chi connectivity index (χ1n) is 7.04. The van der Waals surface area contributed by atoms with Gasteiger partial charge in [0, 0.05) is 4.47 Å². The van der Waals surface area contributed by atoms with Gasteiger partial charge in [0.05, 0.1) is 16.2 Å². The minimum atomic E-state index is -4.51. The van der Waals surface area contributed by atoms with E-state index in [0.717, 1.165) is 27.9 Å². The van der Waals surface area contributed by atoms with Crippen LogP contribution < -0.4 is 5.32 Å². The molecule has 1 heterocycles. The molecule has 1 aliphatic heterocycles. The summed E-state index contributed by atoms with van der Waals surface area (Å²) in [5.41, 5.74) is -0.285. The molecule has 0 bridgehead atoms. The van der Waals surface area contributed by atoms with Gasteiger partial charge in [0.2, 0.25) is 0 Å². The third-order valence-corrected chi connectivity index (χ3v) is 4.63. The van der Waals surface area contributed by atoms with E-state index in [1.807, 2.05) is 24.3 Å². The molecular formula is C17H10BrF3N2OS. The van der Waals surface area contributed by atoms with Gasteiger partial charge in [-0.3, -0.25) is 4.79 Å². The molecule has 0 radical (unpaired) electrons. The highest BCUT2D eigenvalue weighted by Crippen LogP contribution is 2.37. The van der Waals surface area contributed by atoms with Crippen LogP contribution in [0.3, 0.4) is 0 Å². The number of para-hydroxylation sites is 1. The lowest BCUT2D eigenvalue weighted by Gasteiger charge is -2.09. The first-order valence-corrected chi connectivity index (χ1v) is 8.65. The van der Waals surface area contributed by atoms with Crippen LogP contribution in [-0.2, 0) is 11.0 Å². The fourth-order valence-electron chi connectivity index (χ4n) is 2.15. The van der Waals surface area contributed by atoms with Gasteiger partial charge in [-0.25, -0.2) is 4.99 Å². The first kappa shape index (κ1) is 17.8. The van der Waals surface area contributed by atoms with Crippen LogP contribution >= 0.6 is 27.7 Å². The number of aliphatic imine (C=N–C) groups is 1. The van der Waals surface area contributed by atoms with Crippen LogP contribution in [0.2, 0.25) is 0 Å². The molecule has 0 atom stereocenters. The van der Waals surface area contributed by atoms with Gasteiger partial charge in [0.25, 0.3) is 5.91 Å². The molecule has 1 amide bonds. The number of benzene rings is 2. The maximum absolute atomic E-state index is 13.0. The largest absolute Gasteiger partial charge is 0.418 e. The van der Waals surface area contributed by atoms with E-state index in [0.29, 0.717) is 4.91 Å². The number of alkyl halides is 3. The van der Waals surface area contributed by atoms with Crippen LogP contribution in [0.15, 0.2) is 62.9 Å². The number of carbonyl (C=O) groups is 1. The van der Waals surface area contributed by atoms with Crippen LogP contribution in [-0.4, -0.2) is 11.1 Å². The molecule has 2 aromatic carbocycles. The number of amidine groups is 1. The highest BCUT2D eigenvalue weighted by molar-refractivity contribution is 9.10. The molecule has 25 heavy (non-hydrogen) atoms. The molecule has 1 N–H and O–H groups in total. The van der Waals surface area contributed by atoms with E-state index >= 15 is 0 Å². The van der Waals surface area contributed by atoms with E-state index in [-0.39, 0.29) is 10.9 Å². The van der Waals surface area contributed by atoms with Crippen LogP contribution in [0.4, 0.5) is 18.9 Å². The van der Waals surface area contributed by atoms with E-state index in [9.17, 15) is 18.0 Å². The highest BCUT2D eigenvalue weighted by atomic mass is 79.9. The molecule has 0 saturated carbocycles. The number of hydrogen-bond donors (Lipinski definition) is 1. The van der Waals surface area contributed by atoms with Crippen LogP contribution in [0.25, 0.3) is 6.08 Å². The SMILES string of the molecule is O=C1NC(=Nc2ccccc2C(F)(F)F)SC1=Cc1cccc(Br)c1. The lowest BCUT2D eigenvalue weighted by atomic mass is 10.2. The Morgan fingerprint density at radius 2 is 1.88 bits per heavy atom. The predicted molar refractivity (Wildman–Crippen MR) is 96.4 cm³/mol. The highest BCUT2D eigenvalue weighted by Gasteiger charge is 2.34. The Labute approximate surface area is 154 Å². The van der Waals surface area contributed by atoms with Crippen molar-refractivity contribution >= 4 is 50.5 Å². The van der Waals surface area contributed by atoms with Crippen LogP contribution in [0.1, 0.15) is 11.1 Å². The number of halogens is 4. The summed E-state index contributed by atoms with van der Waals surface area (Å²) in [6, 6.07) is 12.3. The summed E-state index contributed by atoms with van der Waals surface area (Å²) in [6.07, 6.45) is -2.86. The fraction of sp³-hybridized carbons (Fsp3) is 0.0588. The van der Waals surface area contributed by atoms with Crippen molar-refractivity contribution in [2.24, 2.45) is 4.99 Å². The standard InChI is InChI=1S/C17H10BrF3N2OS/c18-11-5-3-4-10(8-11)9-14-15(24)23-16(25-14)22-13-7-2-1-6-12(13)17(19,20)21/h1-9H,(H,22,23,24). The number of rotatable bonds is 2. The number of carbonyl (C=O) groups excluding carboxylic acids is 1. The average molecular weight is 427 g/mol. The number of hydrogen-bond acceptors (Lipinski definition) is 3. The molecule has 0 unspecified atom stereocenters. The molecule has 128 valence electrons. The van der Waals surface area contributed by atoms with Crippen molar-refractivity contribution in [1.82, 2.24) is 5.32 Å². The first-order chi connectivity index (χ1) is 11.8. The van der Waals surface area contributed by atoms with Crippen molar-refractivity contribution in [2.75, 3.05) is 0 Å². The molecular weight excluding hydrogens is 417 g/mol. The van der Waals surface area contributed by atoms with Crippen molar-refractivity contribution in [2.45, 2.75) is 6.18 Å². The second kappa shape index (κ2) is 7.05. The van der Waals surface area contributed by atoms with E-state index in [2.05, 4.69) is 26.2 Å². The molecule has 2 aromatic rings. The minimum absolute atomic E-state index is 0.114. The second-order valence-electron chi connectivity index (χ2n) is 5.05. The Hall–Kier alpha value is -2.06. The number of nitrogens with one attached hydrogen (secondary N) is 1. The molecule has 0 spiro atoms. The van der Waals surface area contributed by atoms with Crippen molar-refractivity contribution in [3.8, 4) is 0 Å². The smallest absolute Gasteiger partial charge is 0.300 e. The fourth-order valence-corrected chi connectivity index (χ4v) is 3.40. The van der Waals surface area contributed by atoms with E-state index < -0.39 is 17.6 Å². The van der Waals surface area contributed by atoms with Gasteiger partial charge in [-0.05, 0) is 47.7 Å². The topological polar surface area (TPSA) is 41.5 Å². The Bertz CT molecular complexity index is 893. The third-order valence-electron chi connectivity index (χ3n) is 3.23. The van der Waals surface area contributed by atoms with Crippen LogP contribution in [0.5, 0.6) is 0 Å². The molecule has 0 aromatic heterocycles. The number of amides is 1. The van der Waals surface area contributed by atoms with Gasteiger partial charge >= 0.3 is 6.18 Å². The summed E-state index contributed by atoms with van der Waals surface area (Å²) in [5, 5.41) is 2.61. The zero-order chi connectivity index (χ0) is 18.0. The van der Waals surface area contributed by atoms with Crippen molar-refractivity contribution < 1.29 is 18.0 Å². The van der Waals surface area contributed by atoms with Crippen molar-refractivity contribution in [1.29, 1.82) is 0 Å². The molecule has 0 aliphatic carbocycles. The zero-order valence-corrected chi connectivity index (χ0v) is 14.9. The summed E-state index contributed by atoms with van der Waals surface area (Å²) in [4.78, 5) is 16.4. The van der Waals surface area contributed by atoms with Crippen molar-refractivity contribution in [3.63, 3.8) is 0 Å². The Kier molecular flexibility index (Phi) is 5.01. The summed E-state index contributed by atoms with van der Waals surface area (Å²) >= 11 is 4.34. The number of thioether (sulfide) groups is 1.